The van der Waals surface area contributed by atoms with Gasteiger partial charge in [0.25, 0.3) is 0 Å². The first-order valence-electron chi connectivity index (χ1n) is 13.1. The van der Waals surface area contributed by atoms with Crippen LogP contribution in [0.1, 0.15) is 122 Å². The Kier molecular flexibility index (Phi) is 6.72. The molecule has 1 aliphatic carbocycles. The van der Waals surface area contributed by atoms with E-state index in [1.165, 1.54) is 0 Å². The third-order valence-electron chi connectivity index (χ3n) is 7.39. The lowest BCUT2D eigenvalue weighted by Crippen LogP contribution is -2.30. The van der Waals surface area contributed by atoms with Crippen molar-refractivity contribution >= 4 is 11.4 Å². The normalized spacial score (nSPS) is 17.2. The molecule has 0 aromatic heterocycles. The molecule has 0 radical (unpaired) electrons. The van der Waals surface area contributed by atoms with Gasteiger partial charge in [0.1, 0.15) is 34.7 Å². The summed E-state index contributed by atoms with van der Waals surface area (Å²) < 4.78 is 0. The minimum atomic E-state index is -1.33. The number of carbonyl (C=O) groups is 1. The Labute approximate surface area is 226 Å². The van der Waals surface area contributed by atoms with Crippen molar-refractivity contribution in [3.63, 3.8) is 0 Å². The third kappa shape index (κ3) is 4.63. The molecule has 0 saturated carbocycles. The fraction of sp³-hybridized carbons (Fsp3) is 0.531. The lowest BCUT2D eigenvalue weighted by molar-refractivity contribution is -0.116. The molecule has 3 rings (SSSR count). The maximum Gasteiger partial charge on any atom is 0.182 e. The first kappa shape index (κ1) is 29.4. The van der Waals surface area contributed by atoms with Crippen molar-refractivity contribution < 1.29 is 30.3 Å². The van der Waals surface area contributed by atoms with Gasteiger partial charge in [-0.2, -0.15) is 0 Å². The molecule has 5 N–H and O–H groups in total. The zero-order valence-corrected chi connectivity index (χ0v) is 24.9. The number of aromatic hydroxyl groups is 4. The average molecular weight is 525 g/mol. The average Bonchev–Trinajstić information content (AvgIpc) is 2.69. The first-order chi connectivity index (χ1) is 16.9. The van der Waals surface area contributed by atoms with Crippen molar-refractivity contribution in [2.75, 3.05) is 0 Å². The summed E-state index contributed by atoms with van der Waals surface area (Å²) in [6.45, 7) is 23.0. The summed E-state index contributed by atoms with van der Waals surface area (Å²) in [5.74, 6) is -3.40. The number of hydrogen-bond acceptors (Lipinski definition) is 6. The molecule has 1 unspecified atom stereocenters. The van der Waals surface area contributed by atoms with Gasteiger partial charge in [0.2, 0.25) is 0 Å². The maximum absolute atomic E-state index is 13.8. The van der Waals surface area contributed by atoms with Gasteiger partial charge < -0.3 is 25.5 Å². The van der Waals surface area contributed by atoms with Crippen LogP contribution in [-0.2, 0) is 26.5 Å². The summed E-state index contributed by atoms with van der Waals surface area (Å²) in [7, 11) is 0. The van der Waals surface area contributed by atoms with Crippen molar-refractivity contribution in [1.82, 2.24) is 0 Å². The van der Waals surface area contributed by atoms with Crippen LogP contribution in [0.3, 0.4) is 0 Å². The molecule has 0 heterocycles. The zero-order chi connectivity index (χ0) is 29.5. The quantitative estimate of drug-likeness (QED) is 0.281. The second kappa shape index (κ2) is 8.69. The largest absolute Gasteiger partial charge is 0.510 e. The number of Topliss-reactive ketones (excluding diaryl/α,β-unsaturated/α-hetero) is 1. The highest BCUT2D eigenvalue weighted by molar-refractivity contribution is 6.33. The van der Waals surface area contributed by atoms with E-state index in [4.69, 9.17) is 0 Å². The topological polar surface area (TPSA) is 118 Å². The second-order valence-corrected chi connectivity index (χ2v) is 14.7. The fourth-order valence-electron chi connectivity index (χ4n) is 5.12. The number of hydrogen-bond donors (Lipinski definition) is 5. The minimum absolute atomic E-state index is 0.0596. The molecule has 1 atom stereocenters. The third-order valence-corrected chi connectivity index (χ3v) is 7.39. The van der Waals surface area contributed by atoms with Gasteiger partial charge in [0.05, 0.1) is 16.7 Å². The number of ketones is 1. The van der Waals surface area contributed by atoms with Crippen LogP contribution in [0.25, 0.3) is 5.57 Å². The number of phenolic OH excluding ortho intramolecular Hbond substituents is 4. The molecule has 6 nitrogen and oxygen atoms in total. The molecule has 2 aromatic rings. The van der Waals surface area contributed by atoms with Gasteiger partial charge >= 0.3 is 0 Å². The molecule has 6 heteroatoms. The van der Waals surface area contributed by atoms with Crippen LogP contribution in [0, 0.1) is 0 Å². The van der Waals surface area contributed by atoms with E-state index in [9.17, 15) is 30.3 Å². The molecule has 0 fully saturated rings. The van der Waals surface area contributed by atoms with Gasteiger partial charge in [-0.1, -0.05) is 83.1 Å². The molecule has 0 amide bonds. The Morgan fingerprint density at radius 1 is 0.526 bits per heavy atom. The second-order valence-electron chi connectivity index (χ2n) is 14.7. The summed E-state index contributed by atoms with van der Waals surface area (Å²) >= 11 is 0. The van der Waals surface area contributed by atoms with E-state index in [1.54, 1.807) is 12.1 Å². The van der Waals surface area contributed by atoms with Gasteiger partial charge in [-0.25, -0.2) is 0 Å². The highest BCUT2D eigenvalue weighted by Crippen LogP contribution is 2.57. The molecular formula is C32H44O6. The van der Waals surface area contributed by atoms with E-state index >= 15 is 0 Å². The van der Waals surface area contributed by atoms with Crippen molar-refractivity contribution in [3.8, 4) is 23.0 Å². The van der Waals surface area contributed by atoms with Crippen LogP contribution in [0.15, 0.2) is 17.9 Å². The standard InChI is InChI=1S/C32H44O6/c1-29(2,3)15-13-16(30(4,5)6)24(34)19(23(15)33)21-27(37)22(28(21)38)20-25(35)17(31(7,8)9)14-18(26(20)36)32(10,11)12/h13-14,21,33-37H,1-12H3. The summed E-state index contributed by atoms with van der Waals surface area (Å²) in [6, 6.07) is 3.49. The molecule has 38 heavy (non-hydrogen) atoms. The predicted octanol–water partition coefficient (Wildman–Crippen LogP) is 7.33. The van der Waals surface area contributed by atoms with E-state index in [2.05, 4.69) is 0 Å². The molecule has 1 aliphatic rings. The molecule has 208 valence electrons. The van der Waals surface area contributed by atoms with E-state index in [0.29, 0.717) is 22.3 Å². The number of aliphatic hydroxyl groups is 1. The number of phenols is 4. The highest BCUT2D eigenvalue weighted by atomic mass is 16.3. The summed E-state index contributed by atoms with van der Waals surface area (Å²) in [6.07, 6.45) is 0. The SMILES string of the molecule is CC(C)(C)c1cc(C(C)(C)C)c(O)c(C2=C(O)C(c3c(O)c(C(C)(C)C)cc(C(C)(C)C)c3O)C2=O)c1O. The Balaban J connectivity index is 2.40. The van der Waals surface area contributed by atoms with Crippen LogP contribution < -0.4 is 0 Å². The Hall–Kier alpha value is -3.15. The van der Waals surface area contributed by atoms with E-state index in [0.717, 1.165) is 0 Å². The van der Waals surface area contributed by atoms with Crippen LogP contribution in [0.2, 0.25) is 0 Å². The lowest BCUT2D eigenvalue weighted by atomic mass is 9.69. The van der Waals surface area contributed by atoms with Crippen molar-refractivity contribution in [2.24, 2.45) is 0 Å². The molecule has 0 spiro atoms. The van der Waals surface area contributed by atoms with Gasteiger partial charge in [-0.05, 0) is 33.8 Å². The van der Waals surface area contributed by atoms with Gasteiger partial charge in [-0.3, -0.25) is 4.79 Å². The minimum Gasteiger partial charge on any atom is -0.510 e. The fourth-order valence-corrected chi connectivity index (χ4v) is 5.12. The highest BCUT2D eigenvalue weighted by Gasteiger charge is 2.48. The number of aliphatic hydroxyl groups excluding tert-OH is 1. The summed E-state index contributed by atoms with van der Waals surface area (Å²) in [5.41, 5.74) is -0.315. The number of allylic oxidation sites excluding steroid dienone is 2. The number of rotatable bonds is 2. The van der Waals surface area contributed by atoms with Crippen LogP contribution in [-0.4, -0.2) is 31.3 Å². The van der Waals surface area contributed by atoms with Crippen molar-refractivity contribution in [3.05, 3.63) is 51.3 Å². The van der Waals surface area contributed by atoms with Crippen molar-refractivity contribution in [2.45, 2.75) is 111 Å². The molecule has 0 bridgehead atoms. The van der Waals surface area contributed by atoms with E-state index in [1.807, 2.05) is 83.1 Å². The Morgan fingerprint density at radius 2 is 0.816 bits per heavy atom. The van der Waals surface area contributed by atoms with Crippen LogP contribution >= 0.6 is 0 Å². The Morgan fingerprint density at radius 3 is 1.08 bits per heavy atom. The lowest BCUT2D eigenvalue weighted by Gasteiger charge is -2.35. The molecule has 0 aliphatic heterocycles. The van der Waals surface area contributed by atoms with Gasteiger partial charge in [0, 0.05) is 22.3 Å². The molecule has 0 saturated heterocycles. The predicted molar refractivity (Wildman–Crippen MR) is 152 cm³/mol. The number of benzene rings is 2. The Bertz CT molecular complexity index is 1270. The summed E-state index contributed by atoms with van der Waals surface area (Å²) in [4.78, 5) is 13.8. The van der Waals surface area contributed by atoms with Gasteiger partial charge in [0.15, 0.2) is 5.78 Å². The number of carbonyl (C=O) groups excluding carboxylic acids is 1. The maximum atomic E-state index is 13.8. The van der Waals surface area contributed by atoms with Crippen LogP contribution in [0.4, 0.5) is 0 Å². The monoisotopic (exact) mass is 524 g/mol. The van der Waals surface area contributed by atoms with Crippen LogP contribution in [0.5, 0.6) is 23.0 Å². The molecule has 2 aromatic carbocycles. The van der Waals surface area contributed by atoms with Crippen molar-refractivity contribution in [1.29, 1.82) is 0 Å². The van der Waals surface area contributed by atoms with E-state index < -0.39 is 39.1 Å². The van der Waals surface area contributed by atoms with E-state index in [-0.39, 0.29) is 39.7 Å². The van der Waals surface area contributed by atoms with Gasteiger partial charge in [-0.15, -0.1) is 0 Å². The first-order valence-corrected chi connectivity index (χ1v) is 13.1. The molecular weight excluding hydrogens is 480 g/mol. The smallest absolute Gasteiger partial charge is 0.182 e. The zero-order valence-electron chi connectivity index (χ0n) is 24.9. The summed E-state index contributed by atoms with van der Waals surface area (Å²) in [5, 5.41) is 56.5.